The average Bonchev–Trinajstić information content (AvgIpc) is 2.11. The van der Waals surface area contributed by atoms with Crippen LogP contribution in [0.2, 0.25) is 0 Å². The van der Waals surface area contributed by atoms with E-state index in [9.17, 15) is 4.79 Å². The number of hydrogen-bond donors (Lipinski definition) is 0. The molecule has 0 aromatic heterocycles. The number of carbonyl (C=O) groups is 1. The van der Waals surface area contributed by atoms with Gasteiger partial charge in [-0.25, -0.2) is 0 Å². The van der Waals surface area contributed by atoms with Crippen molar-refractivity contribution in [3.05, 3.63) is 21.0 Å². The van der Waals surface area contributed by atoms with Gasteiger partial charge in [0, 0.05) is 0 Å². The molecule has 0 spiro atoms. The molecule has 3 heteroatoms. The van der Waals surface area contributed by atoms with Crippen LogP contribution in [0.4, 0.5) is 0 Å². The van der Waals surface area contributed by atoms with Crippen molar-refractivity contribution >= 4 is 37.8 Å². The number of hydrogen-bond acceptors (Lipinski definition) is 2. The van der Waals surface area contributed by atoms with Gasteiger partial charge in [0.1, 0.15) is 0 Å². The second-order valence-corrected chi connectivity index (χ2v) is 3.85. The Kier molecular flexibility index (Phi) is 6.14. The molecule has 0 heterocycles. The van der Waals surface area contributed by atoms with Gasteiger partial charge in [-0.1, -0.05) is 0 Å². The Morgan fingerprint density at radius 1 is 1.33 bits per heavy atom. The molecule has 0 aromatic rings. The summed E-state index contributed by atoms with van der Waals surface area (Å²) >= 11 is 0.858. The Morgan fingerprint density at radius 3 is 2.33 bits per heavy atom. The molecule has 0 saturated heterocycles. The zero-order chi connectivity index (χ0) is 9.56. The van der Waals surface area contributed by atoms with E-state index in [2.05, 4.69) is 8.63 Å². The zero-order valence-electron chi connectivity index (χ0n) is 7.66. The van der Waals surface area contributed by atoms with Crippen molar-refractivity contribution in [2.75, 3.05) is 0 Å². The maximum atomic E-state index is 10.2. The Bertz CT molecular complexity index is 251. The van der Waals surface area contributed by atoms with E-state index in [0.717, 1.165) is 37.8 Å². The first-order chi connectivity index (χ1) is 5.61. The first kappa shape index (κ1) is 11.7. The predicted molar refractivity (Wildman–Crippen MR) is 52.4 cm³/mol. The van der Waals surface area contributed by atoms with Gasteiger partial charge in [0.25, 0.3) is 0 Å². The number of allylic oxidation sites excluding steroid dienone is 2. The number of aliphatic imine (C=N–C) groups is 1. The number of carbonyl (C=O) groups excluding carboxylic acids is 1. The molecule has 0 saturated carbocycles. The first-order valence-electron chi connectivity index (χ1n) is 3.67. The van der Waals surface area contributed by atoms with Crippen LogP contribution in [-0.2, 0) is 4.79 Å². The van der Waals surface area contributed by atoms with Gasteiger partial charge in [-0.15, -0.1) is 0 Å². The van der Waals surface area contributed by atoms with Crippen molar-refractivity contribution in [3.63, 3.8) is 0 Å². The van der Waals surface area contributed by atoms with Gasteiger partial charge in [-0.05, 0) is 0 Å². The van der Waals surface area contributed by atoms with Crippen molar-refractivity contribution in [1.29, 1.82) is 0 Å². The average molecular weight is 355 g/mol. The van der Waals surface area contributed by atoms with Gasteiger partial charge in [0.2, 0.25) is 0 Å². The summed E-state index contributed by atoms with van der Waals surface area (Å²) < 4.78 is 2.16. The van der Waals surface area contributed by atoms with Crippen molar-refractivity contribution in [3.8, 4) is 0 Å². The second kappa shape index (κ2) is 6.28. The van der Waals surface area contributed by atoms with E-state index in [4.69, 9.17) is 0 Å². The number of rotatable bonds is 3. The molecule has 12 heavy (non-hydrogen) atoms. The van der Waals surface area contributed by atoms with Gasteiger partial charge in [0.05, 0.1) is 0 Å². The van der Waals surface area contributed by atoms with Gasteiger partial charge in [0.15, 0.2) is 0 Å². The quantitative estimate of drug-likeness (QED) is 0.328. The SMILES string of the molecule is CC(=[CH]/[Tl])/C(C)=N\C=C(/C)C=O. The topological polar surface area (TPSA) is 29.4 Å². The summed E-state index contributed by atoms with van der Waals surface area (Å²) in [6.45, 7) is 5.72. The third-order valence-electron chi connectivity index (χ3n) is 1.47. The standard InChI is InChI=1S/C9H12NO.Tl/c1-7(2)9(4)10-5-8(3)6-11;/h1,5-6H,2-4H3;/b7-1?,8-5+,10-9-;. The summed E-state index contributed by atoms with van der Waals surface area (Å²) in [4.78, 5) is 14.4. The van der Waals surface area contributed by atoms with Crippen LogP contribution >= 0.6 is 0 Å². The minimum absolute atomic E-state index is 0.651. The third-order valence-corrected chi connectivity index (χ3v) is 3.41. The van der Waals surface area contributed by atoms with Crippen LogP contribution in [-0.4, -0.2) is 37.8 Å². The number of aldehydes is 1. The van der Waals surface area contributed by atoms with E-state index in [1.165, 1.54) is 5.57 Å². The Labute approximate surface area is 89.1 Å². The molecule has 0 fully saturated rings. The van der Waals surface area contributed by atoms with Crippen molar-refractivity contribution in [1.82, 2.24) is 0 Å². The fraction of sp³-hybridized carbons (Fsp3) is 0.333. The molecule has 0 unspecified atom stereocenters. The Balaban J connectivity index is 4.48. The molecule has 0 rings (SSSR count). The summed E-state index contributed by atoms with van der Waals surface area (Å²) in [5.41, 5.74) is 2.84. The molecule has 0 N–H and O–H groups in total. The second-order valence-electron chi connectivity index (χ2n) is 2.56. The van der Waals surface area contributed by atoms with Crippen molar-refractivity contribution < 1.29 is 4.79 Å². The summed E-state index contributed by atoms with van der Waals surface area (Å²) in [6, 6.07) is 0. The van der Waals surface area contributed by atoms with Crippen LogP contribution in [0.15, 0.2) is 26.0 Å². The van der Waals surface area contributed by atoms with Crippen molar-refractivity contribution in [2.24, 2.45) is 4.99 Å². The van der Waals surface area contributed by atoms with Crippen LogP contribution < -0.4 is 0 Å². The molecule has 0 aliphatic rings. The molecule has 62 valence electrons. The van der Waals surface area contributed by atoms with E-state index in [0.29, 0.717) is 5.57 Å². The molecular formula is C9H12NOTl. The van der Waals surface area contributed by atoms with E-state index >= 15 is 0 Å². The molecule has 2 nitrogen and oxygen atoms in total. The molecule has 0 bridgehead atoms. The van der Waals surface area contributed by atoms with Gasteiger partial charge < -0.3 is 0 Å². The molecule has 0 aliphatic carbocycles. The maximum absolute atomic E-state index is 10.2. The predicted octanol–water partition coefficient (Wildman–Crippen LogP) is 1.62. The van der Waals surface area contributed by atoms with Crippen LogP contribution in [0.5, 0.6) is 0 Å². The molecule has 0 atom stereocenters. The van der Waals surface area contributed by atoms with Crippen LogP contribution in [0.3, 0.4) is 0 Å². The van der Waals surface area contributed by atoms with Gasteiger partial charge in [-0.3, -0.25) is 0 Å². The van der Waals surface area contributed by atoms with Gasteiger partial charge in [-0.2, -0.15) is 0 Å². The normalized spacial score (nSPS) is 14.7. The molecular weight excluding hydrogens is 342 g/mol. The fourth-order valence-electron chi connectivity index (χ4n) is 0.451. The van der Waals surface area contributed by atoms with E-state index in [1.807, 2.05) is 13.8 Å². The van der Waals surface area contributed by atoms with E-state index in [-0.39, 0.29) is 0 Å². The third kappa shape index (κ3) is 4.59. The van der Waals surface area contributed by atoms with Crippen LogP contribution in [0, 0.1) is 0 Å². The summed E-state index contributed by atoms with van der Waals surface area (Å²) in [5, 5.41) is 0. The monoisotopic (exact) mass is 355 g/mol. The van der Waals surface area contributed by atoms with E-state index < -0.39 is 0 Å². The molecule has 0 radical (unpaired) electrons. The minimum atomic E-state index is 0.651. The molecule has 0 aliphatic heterocycles. The molecule has 0 amide bonds. The fourth-order valence-corrected chi connectivity index (χ4v) is 1.39. The van der Waals surface area contributed by atoms with Crippen molar-refractivity contribution in [2.45, 2.75) is 20.8 Å². The summed E-state index contributed by atoms with van der Waals surface area (Å²) in [6.07, 6.45) is 2.40. The molecule has 0 aromatic carbocycles. The first-order valence-corrected chi connectivity index (χ1v) is 6.26. The Hall–Kier alpha value is -0.258. The van der Waals surface area contributed by atoms with Gasteiger partial charge >= 0.3 is 89.3 Å². The van der Waals surface area contributed by atoms with E-state index in [1.54, 1.807) is 13.1 Å². The van der Waals surface area contributed by atoms with Crippen LogP contribution in [0.25, 0.3) is 0 Å². The van der Waals surface area contributed by atoms with Crippen LogP contribution in [0.1, 0.15) is 20.8 Å². The number of nitrogens with zero attached hydrogens (tertiary/aromatic N) is 1. The zero-order valence-corrected chi connectivity index (χ0v) is 12.2. The Morgan fingerprint density at radius 2 is 1.92 bits per heavy atom. The summed E-state index contributed by atoms with van der Waals surface area (Å²) in [5.74, 6) is 0. The summed E-state index contributed by atoms with van der Waals surface area (Å²) in [7, 11) is 0.